The number of nitrogens with one attached hydrogen (secondary N) is 1. The minimum atomic E-state index is -0.388. The van der Waals surface area contributed by atoms with Crippen LogP contribution in [-0.4, -0.2) is 5.91 Å². The molecule has 0 saturated carbocycles. The van der Waals surface area contributed by atoms with E-state index in [9.17, 15) is 4.79 Å². The summed E-state index contributed by atoms with van der Waals surface area (Å²) in [6.45, 7) is 4.07. The molecule has 0 saturated heterocycles. The second-order valence-corrected chi connectivity index (χ2v) is 6.35. The molecule has 25 heavy (non-hydrogen) atoms. The number of carbonyl (C=O) groups is 1. The van der Waals surface area contributed by atoms with Crippen LogP contribution in [0.2, 0.25) is 0 Å². The zero-order valence-corrected chi connectivity index (χ0v) is 14.2. The molecule has 0 aromatic heterocycles. The predicted molar refractivity (Wildman–Crippen MR) is 99.3 cm³/mol. The minimum absolute atomic E-state index is 0.0445. The van der Waals surface area contributed by atoms with Gasteiger partial charge in [-0.3, -0.25) is 4.79 Å². The molecule has 1 N–H and O–H groups in total. The molecule has 0 radical (unpaired) electrons. The number of ether oxygens (including phenoxy) is 1. The Morgan fingerprint density at radius 1 is 0.840 bits per heavy atom. The number of benzene rings is 3. The number of rotatable bonds is 2. The van der Waals surface area contributed by atoms with Gasteiger partial charge in [-0.25, -0.2) is 0 Å². The minimum Gasteiger partial charge on any atom is -0.457 e. The second kappa shape index (κ2) is 6.10. The number of hydrogen-bond acceptors (Lipinski definition) is 2. The van der Waals surface area contributed by atoms with E-state index in [-0.39, 0.29) is 11.8 Å². The van der Waals surface area contributed by atoms with Gasteiger partial charge in [-0.05, 0) is 43.2 Å². The zero-order valence-electron chi connectivity index (χ0n) is 14.2. The summed E-state index contributed by atoms with van der Waals surface area (Å²) in [5, 5.41) is 3.11. The van der Waals surface area contributed by atoms with E-state index >= 15 is 0 Å². The lowest BCUT2D eigenvalue weighted by molar-refractivity contribution is -0.116. The zero-order chi connectivity index (χ0) is 17.4. The van der Waals surface area contributed by atoms with Crippen LogP contribution in [0.1, 0.15) is 28.2 Å². The van der Waals surface area contributed by atoms with Gasteiger partial charge in [-0.1, -0.05) is 48.5 Å². The fraction of sp³-hybridized carbons (Fsp3) is 0.136. The highest BCUT2D eigenvalue weighted by molar-refractivity contribution is 6.00. The maximum Gasteiger partial charge on any atom is 0.236 e. The van der Waals surface area contributed by atoms with Gasteiger partial charge in [0.25, 0.3) is 0 Å². The fourth-order valence-corrected chi connectivity index (χ4v) is 3.28. The summed E-state index contributed by atoms with van der Waals surface area (Å²) in [5.41, 5.74) is 4.88. The van der Waals surface area contributed by atoms with Crippen molar-refractivity contribution in [3.8, 4) is 11.5 Å². The first-order chi connectivity index (χ1) is 12.1. The molecule has 0 aliphatic carbocycles. The van der Waals surface area contributed by atoms with Gasteiger partial charge in [0.1, 0.15) is 11.5 Å². The number of aryl methyl sites for hydroxylation is 1. The Labute approximate surface area is 147 Å². The van der Waals surface area contributed by atoms with Crippen molar-refractivity contribution < 1.29 is 9.53 Å². The van der Waals surface area contributed by atoms with E-state index in [1.165, 1.54) is 0 Å². The molecule has 0 fully saturated rings. The maximum atomic E-state index is 13.2. The summed E-state index contributed by atoms with van der Waals surface area (Å²) in [7, 11) is 0. The van der Waals surface area contributed by atoms with Gasteiger partial charge in [0.05, 0.1) is 5.92 Å². The standard InChI is InChI=1S/C22H19NO2/c1-14-8-7-11-18(15(14)2)23-22(24)21-16-9-3-5-12-19(16)25-20-13-6-4-10-17(20)21/h3-13,21H,1-2H3,(H,23,24). The third kappa shape index (κ3) is 2.68. The lowest BCUT2D eigenvalue weighted by Gasteiger charge is -2.27. The average Bonchev–Trinajstić information content (AvgIpc) is 2.63. The van der Waals surface area contributed by atoms with Crippen molar-refractivity contribution in [3.05, 3.63) is 89.0 Å². The van der Waals surface area contributed by atoms with Crippen molar-refractivity contribution >= 4 is 11.6 Å². The van der Waals surface area contributed by atoms with E-state index in [0.29, 0.717) is 0 Å². The van der Waals surface area contributed by atoms with Gasteiger partial charge in [0, 0.05) is 16.8 Å². The Kier molecular flexibility index (Phi) is 3.77. The van der Waals surface area contributed by atoms with Crippen LogP contribution >= 0.6 is 0 Å². The van der Waals surface area contributed by atoms with Crippen LogP contribution in [0.3, 0.4) is 0 Å². The van der Waals surface area contributed by atoms with Gasteiger partial charge in [-0.15, -0.1) is 0 Å². The molecular weight excluding hydrogens is 310 g/mol. The maximum absolute atomic E-state index is 13.2. The topological polar surface area (TPSA) is 38.3 Å². The third-order valence-corrected chi connectivity index (χ3v) is 4.80. The van der Waals surface area contributed by atoms with Crippen molar-refractivity contribution in [2.45, 2.75) is 19.8 Å². The quantitative estimate of drug-likeness (QED) is 0.703. The van der Waals surface area contributed by atoms with Gasteiger partial charge in [-0.2, -0.15) is 0 Å². The second-order valence-electron chi connectivity index (χ2n) is 6.35. The number of carbonyl (C=O) groups excluding carboxylic acids is 1. The van der Waals surface area contributed by atoms with Crippen molar-refractivity contribution in [1.82, 2.24) is 0 Å². The molecule has 4 rings (SSSR count). The Hall–Kier alpha value is -3.07. The third-order valence-electron chi connectivity index (χ3n) is 4.80. The van der Waals surface area contributed by atoms with E-state index in [2.05, 4.69) is 5.32 Å². The Bertz CT molecular complexity index is 916. The average molecular weight is 329 g/mol. The van der Waals surface area contributed by atoms with Crippen LogP contribution in [0.15, 0.2) is 66.7 Å². The highest BCUT2D eigenvalue weighted by Crippen LogP contribution is 2.44. The molecule has 0 spiro atoms. The molecule has 0 atom stereocenters. The number of hydrogen-bond donors (Lipinski definition) is 1. The first-order valence-electron chi connectivity index (χ1n) is 8.38. The van der Waals surface area contributed by atoms with Gasteiger partial charge >= 0.3 is 0 Å². The lowest BCUT2D eigenvalue weighted by Crippen LogP contribution is -2.25. The molecule has 1 aliphatic heterocycles. The number of para-hydroxylation sites is 2. The van der Waals surface area contributed by atoms with Crippen LogP contribution in [-0.2, 0) is 4.79 Å². The smallest absolute Gasteiger partial charge is 0.236 e. The molecule has 0 bridgehead atoms. The monoisotopic (exact) mass is 329 g/mol. The van der Waals surface area contributed by atoms with Crippen molar-refractivity contribution in [3.63, 3.8) is 0 Å². The largest absolute Gasteiger partial charge is 0.457 e. The molecule has 3 nitrogen and oxygen atoms in total. The SMILES string of the molecule is Cc1cccc(NC(=O)C2c3ccccc3Oc3ccccc32)c1C. The number of anilines is 1. The summed E-state index contributed by atoms with van der Waals surface area (Å²) in [6.07, 6.45) is 0. The summed E-state index contributed by atoms with van der Waals surface area (Å²) >= 11 is 0. The first-order valence-corrected chi connectivity index (χ1v) is 8.38. The molecule has 1 aliphatic rings. The molecule has 3 heteroatoms. The van der Waals surface area contributed by atoms with E-state index < -0.39 is 0 Å². The molecule has 1 heterocycles. The van der Waals surface area contributed by atoms with Crippen LogP contribution in [0.25, 0.3) is 0 Å². The molecule has 0 unspecified atom stereocenters. The van der Waals surface area contributed by atoms with Crippen LogP contribution in [0.5, 0.6) is 11.5 Å². The molecule has 3 aromatic carbocycles. The molecular formula is C22H19NO2. The Morgan fingerprint density at radius 2 is 1.44 bits per heavy atom. The summed E-state index contributed by atoms with van der Waals surface area (Å²) in [5.74, 6) is 1.04. The lowest BCUT2D eigenvalue weighted by atomic mass is 9.87. The summed E-state index contributed by atoms with van der Waals surface area (Å²) in [4.78, 5) is 13.2. The van der Waals surface area contributed by atoms with E-state index in [0.717, 1.165) is 39.4 Å². The van der Waals surface area contributed by atoms with Crippen LogP contribution in [0.4, 0.5) is 5.69 Å². The highest BCUT2D eigenvalue weighted by atomic mass is 16.5. The first kappa shape index (κ1) is 15.5. The Balaban J connectivity index is 1.77. The molecule has 1 amide bonds. The van der Waals surface area contributed by atoms with E-state index in [1.807, 2.05) is 80.6 Å². The van der Waals surface area contributed by atoms with Crippen molar-refractivity contribution in [1.29, 1.82) is 0 Å². The normalized spacial score (nSPS) is 12.7. The fourth-order valence-electron chi connectivity index (χ4n) is 3.28. The molecule has 3 aromatic rings. The molecule has 124 valence electrons. The van der Waals surface area contributed by atoms with Gasteiger partial charge in [0.2, 0.25) is 5.91 Å². The van der Waals surface area contributed by atoms with Gasteiger partial charge in [0.15, 0.2) is 0 Å². The summed E-state index contributed by atoms with van der Waals surface area (Å²) < 4.78 is 5.97. The highest BCUT2D eigenvalue weighted by Gasteiger charge is 2.32. The van der Waals surface area contributed by atoms with Gasteiger partial charge < -0.3 is 10.1 Å². The number of amides is 1. The predicted octanol–water partition coefficient (Wildman–Crippen LogP) is 5.18. The van der Waals surface area contributed by atoms with E-state index in [1.54, 1.807) is 0 Å². The van der Waals surface area contributed by atoms with Crippen LogP contribution < -0.4 is 10.1 Å². The van der Waals surface area contributed by atoms with Crippen molar-refractivity contribution in [2.24, 2.45) is 0 Å². The van der Waals surface area contributed by atoms with Crippen LogP contribution in [0, 0.1) is 13.8 Å². The Morgan fingerprint density at radius 3 is 2.08 bits per heavy atom. The number of fused-ring (bicyclic) bond motifs is 2. The van der Waals surface area contributed by atoms with Crippen molar-refractivity contribution in [2.75, 3.05) is 5.32 Å². The van der Waals surface area contributed by atoms with E-state index in [4.69, 9.17) is 4.74 Å². The summed E-state index contributed by atoms with van der Waals surface area (Å²) in [6, 6.07) is 21.4.